The van der Waals surface area contributed by atoms with E-state index < -0.39 is 12.7 Å². The largest absolute Gasteiger partial charge is 0.507 e. The molecule has 1 rings (SSSR count). The summed E-state index contributed by atoms with van der Waals surface area (Å²) in [4.78, 5) is 3.16. The number of nitrogens with zero attached hydrogens (tertiary/aromatic N) is 1. The molecule has 1 aromatic carbocycles. The van der Waals surface area contributed by atoms with Gasteiger partial charge in [0.25, 0.3) is 0 Å². The van der Waals surface area contributed by atoms with Gasteiger partial charge in [0.05, 0.1) is 0 Å². The first-order chi connectivity index (χ1) is 6.49. The maximum absolute atomic E-state index is 11.7. The molecule has 0 fully saturated rings. The van der Waals surface area contributed by atoms with Crippen molar-refractivity contribution >= 4 is 6.21 Å². The van der Waals surface area contributed by atoms with Crippen molar-refractivity contribution in [1.29, 1.82) is 0 Å². The fourth-order valence-electron chi connectivity index (χ4n) is 0.844. The van der Waals surface area contributed by atoms with E-state index in [0.29, 0.717) is 0 Å². The van der Waals surface area contributed by atoms with E-state index in [1.807, 2.05) is 0 Å². The van der Waals surface area contributed by atoms with Crippen molar-refractivity contribution in [1.82, 2.24) is 0 Å². The second kappa shape index (κ2) is 4.13. The molecule has 1 aromatic rings. The molecule has 0 amide bonds. The summed E-state index contributed by atoms with van der Waals surface area (Å²) < 4.78 is 35.0. The molecule has 0 aliphatic carbocycles. The molecule has 0 aliphatic heterocycles. The van der Waals surface area contributed by atoms with Gasteiger partial charge in [0.15, 0.2) is 0 Å². The van der Waals surface area contributed by atoms with Crippen LogP contribution in [0.3, 0.4) is 0 Å². The van der Waals surface area contributed by atoms with Crippen molar-refractivity contribution in [2.45, 2.75) is 6.18 Å². The van der Waals surface area contributed by atoms with Crippen LogP contribution in [0.4, 0.5) is 13.2 Å². The number of para-hydroxylation sites is 1. The average Bonchev–Trinajstić information content (AvgIpc) is 2.06. The Hall–Kier alpha value is -1.52. The number of halogens is 3. The molecule has 1 N–H and O–H groups in total. The van der Waals surface area contributed by atoms with Crippen LogP contribution >= 0.6 is 0 Å². The van der Waals surface area contributed by atoms with E-state index in [2.05, 4.69) is 4.99 Å². The number of hydrogen-bond donors (Lipinski definition) is 1. The van der Waals surface area contributed by atoms with Crippen molar-refractivity contribution in [3.05, 3.63) is 29.8 Å². The van der Waals surface area contributed by atoms with Crippen molar-refractivity contribution in [3.63, 3.8) is 0 Å². The second-order valence-electron chi connectivity index (χ2n) is 2.64. The van der Waals surface area contributed by atoms with Crippen molar-refractivity contribution in [3.8, 4) is 5.75 Å². The standard InChI is InChI=1S/C9H8F3NO/c10-9(11,12)6-13-5-7-3-1-2-4-8(7)14/h1-5,14H,6H2. The summed E-state index contributed by atoms with van der Waals surface area (Å²) in [5, 5.41) is 9.17. The quantitative estimate of drug-likeness (QED) is 0.735. The van der Waals surface area contributed by atoms with Gasteiger partial charge >= 0.3 is 6.18 Å². The molecule has 0 atom stereocenters. The van der Waals surface area contributed by atoms with Gasteiger partial charge in [-0.1, -0.05) is 12.1 Å². The predicted molar refractivity (Wildman–Crippen MR) is 46.6 cm³/mol. The second-order valence-corrected chi connectivity index (χ2v) is 2.64. The van der Waals surface area contributed by atoms with E-state index in [0.717, 1.165) is 6.21 Å². The maximum atomic E-state index is 11.7. The third kappa shape index (κ3) is 3.47. The molecule has 0 saturated carbocycles. The Balaban J connectivity index is 2.65. The number of benzene rings is 1. The first-order valence-electron chi connectivity index (χ1n) is 3.83. The molecule has 5 heteroatoms. The monoisotopic (exact) mass is 203 g/mol. The molecule has 0 spiro atoms. The topological polar surface area (TPSA) is 32.6 Å². The zero-order chi connectivity index (χ0) is 10.6. The number of hydrogen-bond acceptors (Lipinski definition) is 2. The molecule has 0 radical (unpaired) electrons. The summed E-state index contributed by atoms with van der Waals surface area (Å²) in [5.41, 5.74) is 0.275. The SMILES string of the molecule is Oc1ccccc1C=NCC(F)(F)F. The van der Waals surface area contributed by atoms with E-state index in [1.165, 1.54) is 12.1 Å². The van der Waals surface area contributed by atoms with E-state index in [-0.39, 0.29) is 11.3 Å². The Morgan fingerprint density at radius 2 is 1.93 bits per heavy atom. The van der Waals surface area contributed by atoms with Gasteiger partial charge in [0, 0.05) is 11.8 Å². The van der Waals surface area contributed by atoms with Gasteiger partial charge in [-0.15, -0.1) is 0 Å². The summed E-state index contributed by atoms with van der Waals surface area (Å²) in [6, 6.07) is 6.05. The Morgan fingerprint density at radius 1 is 1.29 bits per heavy atom. The highest BCUT2D eigenvalue weighted by atomic mass is 19.4. The zero-order valence-corrected chi connectivity index (χ0v) is 7.12. The number of phenols is 1. The Bertz CT molecular complexity index is 333. The lowest BCUT2D eigenvalue weighted by Crippen LogP contribution is -2.11. The molecule has 0 saturated heterocycles. The van der Waals surface area contributed by atoms with Gasteiger partial charge in [0.2, 0.25) is 0 Å². The summed E-state index contributed by atoms with van der Waals surface area (Å²) >= 11 is 0. The molecule has 76 valence electrons. The number of rotatable bonds is 2. The van der Waals surface area contributed by atoms with E-state index in [1.54, 1.807) is 12.1 Å². The molecule has 0 aromatic heterocycles. The molecule has 0 aliphatic rings. The van der Waals surface area contributed by atoms with Crippen molar-refractivity contribution in [2.24, 2.45) is 4.99 Å². The Morgan fingerprint density at radius 3 is 2.50 bits per heavy atom. The normalized spacial score (nSPS) is 12.2. The fraction of sp³-hybridized carbons (Fsp3) is 0.222. The van der Waals surface area contributed by atoms with Gasteiger partial charge in [-0.05, 0) is 12.1 Å². The van der Waals surface area contributed by atoms with Crippen LogP contribution in [-0.2, 0) is 0 Å². The number of aromatic hydroxyl groups is 1. The average molecular weight is 203 g/mol. The lowest BCUT2D eigenvalue weighted by molar-refractivity contribution is -0.118. The van der Waals surface area contributed by atoms with Gasteiger partial charge in [-0.2, -0.15) is 13.2 Å². The Labute approximate surface area is 78.7 Å². The first-order valence-corrected chi connectivity index (χ1v) is 3.83. The lowest BCUT2D eigenvalue weighted by atomic mass is 10.2. The van der Waals surface area contributed by atoms with E-state index in [9.17, 15) is 13.2 Å². The first kappa shape index (κ1) is 10.6. The minimum Gasteiger partial charge on any atom is -0.507 e. The molecule has 0 unspecified atom stereocenters. The number of aliphatic imine (C=N–C) groups is 1. The third-order valence-corrected chi connectivity index (χ3v) is 1.44. The van der Waals surface area contributed by atoms with Crippen molar-refractivity contribution < 1.29 is 18.3 Å². The van der Waals surface area contributed by atoms with E-state index in [4.69, 9.17) is 5.11 Å². The molecule has 14 heavy (non-hydrogen) atoms. The summed E-state index contributed by atoms with van der Waals surface area (Å²) in [6.07, 6.45) is -3.30. The van der Waals surface area contributed by atoms with Gasteiger partial charge in [-0.3, -0.25) is 4.99 Å². The summed E-state index contributed by atoms with van der Waals surface area (Å²) in [5.74, 6) is -0.0848. The Kier molecular flexibility index (Phi) is 3.11. The van der Waals surface area contributed by atoms with Crippen LogP contribution in [0.2, 0.25) is 0 Å². The molecule has 0 bridgehead atoms. The smallest absolute Gasteiger partial charge is 0.407 e. The number of alkyl halides is 3. The van der Waals surface area contributed by atoms with Crippen LogP contribution in [0.15, 0.2) is 29.3 Å². The van der Waals surface area contributed by atoms with Crippen molar-refractivity contribution in [2.75, 3.05) is 6.54 Å². The van der Waals surface area contributed by atoms with E-state index >= 15 is 0 Å². The van der Waals surface area contributed by atoms with Crippen LogP contribution < -0.4 is 0 Å². The highest BCUT2D eigenvalue weighted by Crippen LogP contribution is 2.16. The summed E-state index contributed by atoms with van der Waals surface area (Å²) in [7, 11) is 0. The van der Waals surface area contributed by atoms with Crippen LogP contribution in [-0.4, -0.2) is 24.0 Å². The molecular formula is C9H8F3NO. The molecular weight excluding hydrogens is 195 g/mol. The number of phenolic OH excluding ortho intramolecular Hbond substituents is 1. The fourth-order valence-corrected chi connectivity index (χ4v) is 0.844. The van der Waals surface area contributed by atoms with Gasteiger partial charge in [-0.25, -0.2) is 0 Å². The molecule has 0 heterocycles. The highest BCUT2D eigenvalue weighted by Gasteiger charge is 2.25. The molecule has 2 nitrogen and oxygen atoms in total. The van der Waals surface area contributed by atoms with Crippen LogP contribution in [0, 0.1) is 0 Å². The van der Waals surface area contributed by atoms with Gasteiger partial charge in [0.1, 0.15) is 12.3 Å². The van der Waals surface area contributed by atoms with Crippen LogP contribution in [0.5, 0.6) is 5.75 Å². The maximum Gasteiger partial charge on any atom is 0.407 e. The minimum atomic E-state index is -4.30. The van der Waals surface area contributed by atoms with Gasteiger partial charge < -0.3 is 5.11 Å². The lowest BCUT2D eigenvalue weighted by Gasteiger charge is -2.00. The predicted octanol–water partition coefficient (Wildman–Crippen LogP) is 2.37. The minimum absolute atomic E-state index is 0.0848. The summed E-state index contributed by atoms with van der Waals surface area (Å²) in [6.45, 7) is -1.23. The highest BCUT2D eigenvalue weighted by molar-refractivity contribution is 5.83. The third-order valence-electron chi connectivity index (χ3n) is 1.44. The van der Waals surface area contributed by atoms with Crippen LogP contribution in [0.1, 0.15) is 5.56 Å². The zero-order valence-electron chi connectivity index (χ0n) is 7.12. The van der Waals surface area contributed by atoms with Crippen LogP contribution in [0.25, 0.3) is 0 Å².